The van der Waals surface area contributed by atoms with Gasteiger partial charge in [-0.2, -0.15) is 0 Å². The monoisotopic (exact) mass is 757 g/mol. The molecule has 3 heterocycles. The predicted octanol–water partition coefficient (Wildman–Crippen LogP) is 14.8. The fourth-order valence-electron chi connectivity index (χ4n) is 8.48. The molecule has 0 spiro atoms. The second-order valence-electron chi connectivity index (χ2n) is 14.8. The zero-order valence-corrected chi connectivity index (χ0v) is 31.9. The fourth-order valence-corrected chi connectivity index (χ4v) is 9.57. The van der Waals surface area contributed by atoms with Gasteiger partial charge in [0.1, 0.15) is 11.2 Å². The van der Waals surface area contributed by atoms with Gasteiger partial charge >= 0.3 is 0 Å². The summed E-state index contributed by atoms with van der Waals surface area (Å²) in [6.07, 6.45) is 0. The maximum absolute atomic E-state index is 6.49. The highest BCUT2D eigenvalue weighted by atomic mass is 32.1. The smallest absolute Gasteiger partial charge is 0.164 e. The van der Waals surface area contributed by atoms with Crippen LogP contribution < -0.4 is 0 Å². The van der Waals surface area contributed by atoms with E-state index >= 15 is 0 Å². The normalized spacial score (nSPS) is 11.8. The number of benzene rings is 9. The number of nitrogens with zero attached hydrogens (tertiary/aromatic N) is 3. The number of hydrogen-bond acceptors (Lipinski definition) is 5. The van der Waals surface area contributed by atoms with E-state index in [9.17, 15) is 0 Å². The summed E-state index contributed by atoms with van der Waals surface area (Å²) in [5.41, 5.74) is 8.99. The van der Waals surface area contributed by atoms with Gasteiger partial charge in [-0.1, -0.05) is 133 Å². The van der Waals surface area contributed by atoms with Crippen molar-refractivity contribution in [3.8, 4) is 56.4 Å². The van der Waals surface area contributed by atoms with Gasteiger partial charge in [-0.05, 0) is 98.4 Å². The SMILES string of the molecule is c1ccc(-c2nc(-c3cccc(-c4cccc5oc6ccc(-c7ccc8c(ccc9ccccc98)c7)cc6c45)c3)nc(-c3ccc4sc5ccccc5c4c3)n2)cc1. The molecule has 0 fully saturated rings. The van der Waals surface area contributed by atoms with Gasteiger partial charge in [-0.25, -0.2) is 15.0 Å². The van der Waals surface area contributed by atoms with Gasteiger partial charge in [-0.15, -0.1) is 11.3 Å². The Hall–Kier alpha value is -7.47. The van der Waals surface area contributed by atoms with Crippen LogP contribution in [0.4, 0.5) is 0 Å². The average molecular weight is 758 g/mol. The van der Waals surface area contributed by atoms with Crippen molar-refractivity contribution < 1.29 is 4.42 Å². The Bertz CT molecular complexity index is 3590. The number of thiophene rings is 1. The molecule has 12 aromatic rings. The molecule has 4 nitrogen and oxygen atoms in total. The van der Waals surface area contributed by atoms with Crippen LogP contribution in [0.1, 0.15) is 0 Å². The second-order valence-corrected chi connectivity index (χ2v) is 15.9. The van der Waals surface area contributed by atoms with E-state index in [2.05, 4.69) is 158 Å². The van der Waals surface area contributed by atoms with Gasteiger partial charge in [0.05, 0.1) is 0 Å². The maximum atomic E-state index is 6.49. The zero-order chi connectivity index (χ0) is 38.2. The summed E-state index contributed by atoms with van der Waals surface area (Å²) in [5.74, 6) is 1.90. The summed E-state index contributed by atoms with van der Waals surface area (Å²) in [7, 11) is 0. The maximum Gasteiger partial charge on any atom is 0.164 e. The first-order valence-corrected chi connectivity index (χ1v) is 20.2. The van der Waals surface area contributed by atoms with Crippen molar-refractivity contribution >= 4 is 75.0 Å². The molecule has 9 aromatic carbocycles. The van der Waals surface area contributed by atoms with Crippen molar-refractivity contribution in [3.63, 3.8) is 0 Å². The number of fused-ring (bicyclic) bond motifs is 9. The predicted molar refractivity (Wildman–Crippen MR) is 242 cm³/mol. The molecule has 0 aliphatic rings. The number of hydrogen-bond donors (Lipinski definition) is 0. The highest BCUT2D eigenvalue weighted by Crippen LogP contribution is 2.41. The molecule has 0 N–H and O–H groups in total. The molecule has 0 aliphatic heterocycles. The minimum Gasteiger partial charge on any atom is -0.456 e. The Morgan fingerprint density at radius 2 is 0.948 bits per heavy atom. The van der Waals surface area contributed by atoms with Gasteiger partial charge in [0, 0.05) is 47.6 Å². The fraction of sp³-hybridized carbons (Fsp3) is 0. The molecular formula is C53H31N3OS. The molecule has 0 radical (unpaired) electrons. The zero-order valence-electron chi connectivity index (χ0n) is 31.1. The van der Waals surface area contributed by atoms with Gasteiger partial charge in [0.15, 0.2) is 17.5 Å². The van der Waals surface area contributed by atoms with Crippen LogP contribution in [-0.2, 0) is 0 Å². The molecule has 0 bridgehead atoms. The molecule has 0 saturated heterocycles. The quantitative estimate of drug-likeness (QED) is 0.164. The molecule has 0 amide bonds. The Labute approximate surface area is 337 Å². The van der Waals surface area contributed by atoms with E-state index in [-0.39, 0.29) is 0 Å². The third-order valence-corrected chi connectivity index (χ3v) is 12.5. The summed E-state index contributed by atoms with van der Waals surface area (Å²) in [6, 6.07) is 66.4. The van der Waals surface area contributed by atoms with Gasteiger partial charge in [0.25, 0.3) is 0 Å². The van der Waals surface area contributed by atoms with Crippen molar-refractivity contribution in [3.05, 3.63) is 188 Å². The summed E-state index contributed by atoms with van der Waals surface area (Å²) >= 11 is 1.81. The molecule has 0 atom stereocenters. The second kappa shape index (κ2) is 13.1. The van der Waals surface area contributed by atoms with E-state index in [4.69, 9.17) is 19.4 Å². The lowest BCUT2D eigenvalue weighted by molar-refractivity contribution is 0.669. The molecule has 270 valence electrons. The van der Waals surface area contributed by atoms with Crippen LogP contribution in [0.15, 0.2) is 192 Å². The first-order chi connectivity index (χ1) is 28.7. The van der Waals surface area contributed by atoms with Crippen molar-refractivity contribution in [1.82, 2.24) is 15.0 Å². The van der Waals surface area contributed by atoms with Crippen molar-refractivity contribution in [2.24, 2.45) is 0 Å². The number of rotatable bonds is 5. The van der Waals surface area contributed by atoms with E-state index < -0.39 is 0 Å². The third-order valence-electron chi connectivity index (χ3n) is 11.3. The van der Waals surface area contributed by atoms with Crippen molar-refractivity contribution in [2.75, 3.05) is 0 Å². The molecule has 0 saturated carbocycles. The summed E-state index contributed by atoms with van der Waals surface area (Å²) in [5, 5.41) is 9.63. The van der Waals surface area contributed by atoms with Crippen molar-refractivity contribution in [1.29, 1.82) is 0 Å². The summed E-state index contributed by atoms with van der Waals surface area (Å²) in [4.78, 5) is 15.3. The first-order valence-electron chi connectivity index (χ1n) is 19.4. The van der Waals surface area contributed by atoms with E-state index in [0.29, 0.717) is 17.5 Å². The molecule has 12 rings (SSSR count). The Balaban J connectivity index is 0.983. The molecule has 0 aliphatic carbocycles. The highest BCUT2D eigenvalue weighted by Gasteiger charge is 2.17. The van der Waals surface area contributed by atoms with Crippen LogP contribution in [0.25, 0.3) is 120 Å². The average Bonchev–Trinajstić information content (AvgIpc) is 3.87. The largest absolute Gasteiger partial charge is 0.456 e. The van der Waals surface area contributed by atoms with E-state index in [0.717, 1.165) is 55.3 Å². The molecular weight excluding hydrogens is 727 g/mol. The summed E-state index contributed by atoms with van der Waals surface area (Å²) < 4.78 is 9.00. The van der Waals surface area contributed by atoms with Crippen LogP contribution in [0.2, 0.25) is 0 Å². The Morgan fingerprint density at radius 3 is 1.84 bits per heavy atom. The van der Waals surface area contributed by atoms with E-state index in [1.54, 1.807) is 0 Å². The molecule has 58 heavy (non-hydrogen) atoms. The van der Waals surface area contributed by atoms with Crippen LogP contribution in [0.5, 0.6) is 0 Å². The molecule has 5 heteroatoms. The lowest BCUT2D eigenvalue weighted by Crippen LogP contribution is -2.00. The van der Waals surface area contributed by atoms with Crippen LogP contribution in [0, 0.1) is 0 Å². The molecule has 3 aromatic heterocycles. The minimum absolute atomic E-state index is 0.622. The third kappa shape index (κ3) is 5.40. The summed E-state index contributed by atoms with van der Waals surface area (Å²) in [6.45, 7) is 0. The minimum atomic E-state index is 0.622. The standard InChI is InChI=1S/C53H31N3OS/c1-2-11-33(12-3-1)51-54-52(56-53(55-51)39-24-27-49-44(31-39)43-16-6-7-19-48(43)58-49)38-14-8-13-36(29-38)42-17-9-18-47-50(42)45-30-35(23-26-46(45)57-47)34-22-25-41-37(28-34)21-20-32-10-4-5-15-40(32)41/h1-31H. The van der Waals surface area contributed by atoms with Crippen LogP contribution >= 0.6 is 11.3 Å². The Morgan fingerprint density at radius 1 is 0.328 bits per heavy atom. The number of aromatic nitrogens is 3. The topological polar surface area (TPSA) is 51.8 Å². The van der Waals surface area contributed by atoms with Gasteiger partial charge in [-0.3, -0.25) is 0 Å². The lowest BCUT2D eigenvalue weighted by Gasteiger charge is -2.10. The first kappa shape index (κ1) is 32.7. The lowest BCUT2D eigenvalue weighted by atomic mass is 9.95. The highest BCUT2D eigenvalue weighted by molar-refractivity contribution is 7.25. The van der Waals surface area contributed by atoms with E-state index in [1.807, 2.05) is 41.7 Å². The van der Waals surface area contributed by atoms with Crippen molar-refractivity contribution in [2.45, 2.75) is 0 Å². The number of furan rings is 1. The van der Waals surface area contributed by atoms with Crippen LogP contribution in [0.3, 0.4) is 0 Å². The van der Waals surface area contributed by atoms with Gasteiger partial charge in [0.2, 0.25) is 0 Å². The van der Waals surface area contributed by atoms with E-state index in [1.165, 1.54) is 47.3 Å². The van der Waals surface area contributed by atoms with Crippen LogP contribution in [-0.4, -0.2) is 15.0 Å². The Kier molecular flexibility index (Phi) is 7.37. The van der Waals surface area contributed by atoms with Gasteiger partial charge < -0.3 is 4.42 Å². The molecule has 0 unspecified atom stereocenters.